The van der Waals surface area contributed by atoms with Gasteiger partial charge in [-0.15, -0.1) is 0 Å². The number of pyridine rings is 1. The van der Waals surface area contributed by atoms with E-state index < -0.39 is 5.56 Å². The molecule has 2 N–H and O–H groups in total. The number of aromatic amines is 1. The lowest BCUT2D eigenvalue weighted by atomic mass is 10.2. The third kappa shape index (κ3) is 3.13. The number of aromatic nitrogens is 3. The fourth-order valence-electron chi connectivity index (χ4n) is 2.12. The fraction of sp³-hybridized carbons (Fsp3) is 0.286. The summed E-state index contributed by atoms with van der Waals surface area (Å²) < 4.78 is 0. The Morgan fingerprint density at radius 3 is 2.86 bits per heavy atom. The van der Waals surface area contributed by atoms with Gasteiger partial charge in [-0.3, -0.25) is 14.6 Å². The van der Waals surface area contributed by atoms with Crippen molar-refractivity contribution in [2.24, 2.45) is 0 Å². The van der Waals surface area contributed by atoms with E-state index in [1.165, 1.54) is 6.20 Å². The molecule has 7 heteroatoms. The van der Waals surface area contributed by atoms with Gasteiger partial charge in [0.15, 0.2) is 0 Å². The van der Waals surface area contributed by atoms with Crippen LogP contribution in [0.5, 0.6) is 0 Å². The maximum atomic E-state index is 12.1. The van der Waals surface area contributed by atoms with Crippen LogP contribution in [0.4, 0.5) is 0 Å². The molecule has 2 aromatic rings. The van der Waals surface area contributed by atoms with Gasteiger partial charge < -0.3 is 10.3 Å². The summed E-state index contributed by atoms with van der Waals surface area (Å²) in [4.78, 5) is 34.8. The third-order valence-corrected chi connectivity index (χ3v) is 4.43. The first kappa shape index (κ1) is 13.8. The van der Waals surface area contributed by atoms with Crippen LogP contribution in [0.3, 0.4) is 0 Å². The summed E-state index contributed by atoms with van der Waals surface area (Å²) >= 11 is 1.80. The number of hydrogen-bond donors (Lipinski definition) is 2. The van der Waals surface area contributed by atoms with Crippen molar-refractivity contribution in [3.05, 3.63) is 46.6 Å². The van der Waals surface area contributed by atoms with Gasteiger partial charge in [-0.05, 0) is 24.3 Å². The molecule has 3 rings (SSSR count). The SMILES string of the molecule is O=C(N[C@@H]1CCSC1)c1cnc(-c2ccncc2)[nH]c1=O. The number of hydrogen-bond acceptors (Lipinski definition) is 5. The van der Waals surface area contributed by atoms with Crippen LogP contribution in [0, 0.1) is 0 Å². The van der Waals surface area contributed by atoms with Gasteiger partial charge in [0.25, 0.3) is 11.5 Å². The topological polar surface area (TPSA) is 87.7 Å². The second-order valence-corrected chi connectivity index (χ2v) is 5.89. The van der Waals surface area contributed by atoms with Gasteiger partial charge in [-0.1, -0.05) is 0 Å². The standard InChI is InChI=1S/C14H14N4O2S/c19-13(17-10-3-6-21-8-10)11-7-16-12(18-14(11)20)9-1-4-15-5-2-9/h1-2,4-5,7,10H,3,6,8H2,(H,17,19)(H,16,18,20)/t10-/m1/s1. The molecule has 1 aliphatic heterocycles. The summed E-state index contributed by atoms with van der Waals surface area (Å²) in [6.07, 6.45) is 5.50. The van der Waals surface area contributed by atoms with Crippen LogP contribution < -0.4 is 10.9 Å². The van der Waals surface area contributed by atoms with Crippen LogP contribution in [0.15, 0.2) is 35.5 Å². The molecule has 0 spiro atoms. The highest BCUT2D eigenvalue weighted by Gasteiger charge is 2.20. The highest BCUT2D eigenvalue weighted by molar-refractivity contribution is 7.99. The Morgan fingerprint density at radius 2 is 2.19 bits per heavy atom. The van der Waals surface area contributed by atoms with E-state index in [-0.39, 0.29) is 17.5 Å². The molecular formula is C14H14N4O2S. The highest BCUT2D eigenvalue weighted by Crippen LogP contribution is 2.17. The minimum Gasteiger partial charge on any atom is -0.348 e. The third-order valence-electron chi connectivity index (χ3n) is 3.26. The van der Waals surface area contributed by atoms with Crippen molar-refractivity contribution in [1.29, 1.82) is 0 Å². The zero-order chi connectivity index (χ0) is 14.7. The number of carbonyl (C=O) groups excluding carboxylic acids is 1. The van der Waals surface area contributed by atoms with E-state index in [4.69, 9.17) is 0 Å². The number of nitrogens with one attached hydrogen (secondary N) is 2. The minimum absolute atomic E-state index is 0.0460. The molecular weight excluding hydrogens is 288 g/mol. The molecule has 21 heavy (non-hydrogen) atoms. The first-order valence-electron chi connectivity index (χ1n) is 6.62. The Hall–Kier alpha value is -2.15. The minimum atomic E-state index is -0.431. The second kappa shape index (κ2) is 6.09. The van der Waals surface area contributed by atoms with Crippen LogP contribution in [-0.2, 0) is 0 Å². The van der Waals surface area contributed by atoms with Crippen molar-refractivity contribution in [2.75, 3.05) is 11.5 Å². The monoisotopic (exact) mass is 302 g/mol. The molecule has 0 radical (unpaired) electrons. The Bertz CT molecular complexity index is 696. The van der Waals surface area contributed by atoms with E-state index in [9.17, 15) is 9.59 Å². The van der Waals surface area contributed by atoms with Crippen molar-refractivity contribution >= 4 is 17.7 Å². The largest absolute Gasteiger partial charge is 0.348 e. The van der Waals surface area contributed by atoms with Gasteiger partial charge in [-0.2, -0.15) is 11.8 Å². The van der Waals surface area contributed by atoms with Crippen LogP contribution in [0.1, 0.15) is 16.8 Å². The normalized spacial score (nSPS) is 17.6. The quantitative estimate of drug-likeness (QED) is 0.885. The summed E-state index contributed by atoms with van der Waals surface area (Å²) in [5.41, 5.74) is 0.367. The van der Waals surface area contributed by atoms with E-state index in [2.05, 4.69) is 20.3 Å². The molecule has 1 aliphatic rings. The number of thioether (sulfide) groups is 1. The van der Waals surface area contributed by atoms with Gasteiger partial charge in [-0.25, -0.2) is 4.98 Å². The van der Waals surface area contributed by atoms with E-state index >= 15 is 0 Å². The molecule has 0 aliphatic carbocycles. The zero-order valence-electron chi connectivity index (χ0n) is 11.2. The lowest BCUT2D eigenvalue weighted by Crippen LogP contribution is -2.37. The number of amides is 1. The molecule has 0 saturated carbocycles. The van der Waals surface area contributed by atoms with E-state index in [0.29, 0.717) is 5.82 Å². The molecule has 1 saturated heterocycles. The molecule has 0 unspecified atom stereocenters. The van der Waals surface area contributed by atoms with Crippen LogP contribution in [0.2, 0.25) is 0 Å². The number of nitrogens with zero attached hydrogens (tertiary/aromatic N) is 2. The van der Waals surface area contributed by atoms with Gasteiger partial charge in [0.05, 0.1) is 0 Å². The molecule has 0 aromatic carbocycles. The Balaban J connectivity index is 1.81. The summed E-state index contributed by atoms with van der Waals surface area (Å²) in [5, 5.41) is 2.87. The van der Waals surface area contributed by atoms with Gasteiger partial charge in [0.1, 0.15) is 11.4 Å². The highest BCUT2D eigenvalue weighted by atomic mass is 32.2. The molecule has 3 heterocycles. The van der Waals surface area contributed by atoms with Crippen molar-refractivity contribution in [2.45, 2.75) is 12.5 Å². The molecule has 0 bridgehead atoms. The van der Waals surface area contributed by atoms with Gasteiger partial charge in [0, 0.05) is 35.9 Å². The average molecular weight is 302 g/mol. The molecule has 108 valence electrons. The van der Waals surface area contributed by atoms with Gasteiger partial charge in [0.2, 0.25) is 0 Å². The van der Waals surface area contributed by atoms with Crippen molar-refractivity contribution in [3.8, 4) is 11.4 Å². The van der Waals surface area contributed by atoms with Crippen molar-refractivity contribution < 1.29 is 4.79 Å². The van der Waals surface area contributed by atoms with Crippen molar-refractivity contribution in [3.63, 3.8) is 0 Å². The number of H-pyrrole nitrogens is 1. The molecule has 2 aromatic heterocycles. The molecule has 1 fully saturated rings. The van der Waals surface area contributed by atoms with E-state index in [1.807, 2.05) is 0 Å². The van der Waals surface area contributed by atoms with Crippen molar-refractivity contribution in [1.82, 2.24) is 20.3 Å². The average Bonchev–Trinajstić information content (AvgIpc) is 3.01. The Kier molecular flexibility index (Phi) is 4.01. The maximum Gasteiger partial charge on any atom is 0.264 e. The second-order valence-electron chi connectivity index (χ2n) is 4.74. The molecule has 6 nitrogen and oxygen atoms in total. The molecule has 1 amide bonds. The maximum absolute atomic E-state index is 12.1. The smallest absolute Gasteiger partial charge is 0.264 e. The zero-order valence-corrected chi connectivity index (χ0v) is 12.0. The van der Waals surface area contributed by atoms with Crippen LogP contribution in [0.25, 0.3) is 11.4 Å². The van der Waals surface area contributed by atoms with Gasteiger partial charge >= 0.3 is 0 Å². The number of carbonyl (C=O) groups is 1. The van der Waals surface area contributed by atoms with Crippen LogP contribution in [-0.4, -0.2) is 38.4 Å². The predicted molar refractivity (Wildman–Crippen MR) is 81.3 cm³/mol. The van der Waals surface area contributed by atoms with E-state index in [0.717, 1.165) is 23.5 Å². The lowest BCUT2D eigenvalue weighted by Gasteiger charge is -2.10. The first-order valence-corrected chi connectivity index (χ1v) is 7.78. The summed E-state index contributed by atoms with van der Waals surface area (Å²) in [5.74, 6) is 2.00. The lowest BCUT2D eigenvalue weighted by molar-refractivity contribution is 0.0939. The Morgan fingerprint density at radius 1 is 1.38 bits per heavy atom. The predicted octanol–water partition coefficient (Wildman–Crippen LogP) is 1.07. The summed E-state index contributed by atoms with van der Waals surface area (Å²) in [6.45, 7) is 0. The Labute approximate surface area is 125 Å². The fourth-order valence-corrected chi connectivity index (χ4v) is 3.28. The first-order chi connectivity index (χ1) is 10.2. The summed E-state index contributed by atoms with van der Waals surface area (Å²) in [6, 6.07) is 3.63. The molecule has 1 atom stereocenters. The number of rotatable bonds is 3. The summed E-state index contributed by atoms with van der Waals surface area (Å²) in [7, 11) is 0. The van der Waals surface area contributed by atoms with Crippen LogP contribution >= 0.6 is 11.8 Å². The van der Waals surface area contributed by atoms with E-state index in [1.54, 1.807) is 36.3 Å².